The highest BCUT2D eigenvalue weighted by Crippen LogP contribution is 2.29. The number of furan rings is 1. The van der Waals surface area contributed by atoms with E-state index in [9.17, 15) is 9.59 Å². The Morgan fingerprint density at radius 2 is 2.06 bits per heavy atom. The fourth-order valence-corrected chi connectivity index (χ4v) is 2.62. The van der Waals surface area contributed by atoms with Crippen molar-refractivity contribution in [3.05, 3.63) is 45.4 Å². The third-order valence-corrected chi connectivity index (χ3v) is 3.46. The van der Waals surface area contributed by atoms with Gasteiger partial charge in [-0.15, -0.1) is 11.3 Å². The summed E-state index contributed by atoms with van der Waals surface area (Å²) >= 11 is 1.35. The van der Waals surface area contributed by atoms with Crippen LogP contribution in [0.5, 0.6) is 0 Å². The van der Waals surface area contributed by atoms with Gasteiger partial charge in [-0.1, -0.05) is 12.1 Å². The lowest BCUT2D eigenvalue weighted by molar-refractivity contribution is 0.112. The maximum Gasteiger partial charge on any atom is 0.233 e. The van der Waals surface area contributed by atoms with Gasteiger partial charge in [-0.2, -0.15) is 0 Å². The maximum atomic E-state index is 11.8. The predicted molar refractivity (Wildman–Crippen MR) is 63.3 cm³/mol. The SMILES string of the molecule is O=Cc1csc2c(oc3ccccc32)c1=O. The quantitative estimate of drug-likeness (QED) is 0.604. The van der Waals surface area contributed by atoms with Crippen LogP contribution >= 0.6 is 11.3 Å². The number of hydrogen-bond acceptors (Lipinski definition) is 4. The molecule has 3 rings (SSSR count). The van der Waals surface area contributed by atoms with E-state index < -0.39 is 0 Å². The second-order valence-corrected chi connectivity index (χ2v) is 4.27. The Morgan fingerprint density at radius 3 is 2.88 bits per heavy atom. The molecule has 0 aliphatic carbocycles. The van der Waals surface area contributed by atoms with Crippen LogP contribution in [0.4, 0.5) is 0 Å². The summed E-state index contributed by atoms with van der Waals surface area (Å²) in [7, 11) is 0. The first-order valence-corrected chi connectivity index (χ1v) is 5.57. The minimum atomic E-state index is -0.333. The van der Waals surface area contributed by atoms with E-state index in [2.05, 4.69) is 0 Å². The third kappa shape index (κ3) is 1.13. The lowest BCUT2D eigenvalue weighted by Gasteiger charge is -1.88. The summed E-state index contributed by atoms with van der Waals surface area (Å²) in [5.41, 5.74) is 0.765. The molecule has 2 aromatic heterocycles. The topological polar surface area (TPSA) is 47.3 Å². The second kappa shape index (κ2) is 3.28. The fourth-order valence-electron chi connectivity index (χ4n) is 1.68. The van der Waals surface area contributed by atoms with Crippen molar-refractivity contribution in [2.45, 2.75) is 0 Å². The van der Waals surface area contributed by atoms with E-state index in [0.717, 1.165) is 10.1 Å². The van der Waals surface area contributed by atoms with Gasteiger partial charge >= 0.3 is 0 Å². The summed E-state index contributed by atoms with van der Waals surface area (Å²) in [4.78, 5) is 22.5. The molecule has 0 N–H and O–H groups in total. The van der Waals surface area contributed by atoms with Gasteiger partial charge in [0, 0.05) is 10.8 Å². The molecule has 3 nitrogen and oxygen atoms in total. The van der Waals surface area contributed by atoms with Crippen LogP contribution in [-0.4, -0.2) is 6.29 Å². The molecule has 16 heavy (non-hydrogen) atoms. The fraction of sp³-hybridized carbons (Fsp3) is 0. The highest BCUT2D eigenvalue weighted by atomic mass is 32.1. The zero-order valence-electron chi connectivity index (χ0n) is 8.10. The van der Waals surface area contributed by atoms with Gasteiger partial charge in [0.2, 0.25) is 5.43 Å². The van der Waals surface area contributed by atoms with E-state index in [1.807, 2.05) is 24.3 Å². The minimum absolute atomic E-state index is 0.150. The number of benzene rings is 1. The molecule has 0 saturated carbocycles. The molecule has 0 aliphatic rings. The first-order valence-electron chi connectivity index (χ1n) is 4.69. The second-order valence-electron chi connectivity index (χ2n) is 3.39. The number of rotatable bonds is 1. The molecule has 0 radical (unpaired) electrons. The third-order valence-electron chi connectivity index (χ3n) is 2.45. The predicted octanol–water partition coefficient (Wildman–Crippen LogP) is 2.82. The molecule has 78 valence electrons. The first-order chi connectivity index (χ1) is 7.81. The molecule has 0 atom stereocenters. The zero-order chi connectivity index (χ0) is 11.1. The molecule has 0 fully saturated rings. The van der Waals surface area contributed by atoms with E-state index in [-0.39, 0.29) is 16.6 Å². The molecule has 2 heterocycles. The number of aldehydes is 1. The largest absolute Gasteiger partial charge is 0.451 e. The lowest BCUT2D eigenvalue weighted by Crippen LogP contribution is -2.05. The Bertz CT molecular complexity index is 752. The molecule has 0 amide bonds. The highest BCUT2D eigenvalue weighted by Gasteiger charge is 2.12. The van der Waals surface area contributed by atoms with Crippen LogP contribution < -0.4 is 5.43 Å². The van der Waals surface area contributed by atoms with E-state index in [4.69, 9.17) is 4.42 Å². The summed E-state index contributed by atoms with van der Waals surface area (Å²) < 4.78 is 6.26. The smallest absolute Gasteiger partial charge is 0.233 e. The van der Waals surface area contributed by atoms with Gasteiger partial charge in [0.15, 0.2) is 11.9 Å². The Kier molecular flexibility index (Phi) is 1.91. The average Bonchev–Trinajstić information content (AvgIpc) is 2.69. The van der Waals surface area contributed by atoms with Crippen LogP contribution in [0.1, 0.15) is 10.4 Å². The summed E-state index contributed by atoms with van der Waals surface area (Å²) in [5.74, 6) is 0. The van der Waals surface area contributed by atoms with Gasteiger partial charge in [0.25, 0.3) is 0 Å². The molecule has 0 bridgehead atoms. The van der Waals surface area contributed by atoms with Crippen LogP contribution in [-0.2, 0) is 0 Å². The van der Waals surface area contributed by atoms with Gasteiger partial charge < -0.3 is 4.42 Å². The van der Waals surface area contributed by atoms with Crippen LogP contribution in [0.3, 0.4) is 0 Å². The van der Waals surface area contributed by atoms with Crippen molar-refractivity contribution in [3.8, 4) is 0 Å². The van der Waals surface area contributed by atoms with E-state index in [1.54, 1.807) is 5.38 Å². The van der Waals surface area contributed by atoms with Crippen molar-refractivity contribution in [3.63, 3.8) is 0 Å². The van der Waals surface area contributed by atoms with Crippen molar-refractivity contribution < 1.29 is 9.21 Å². The zero-order valence-corrected chi connectivity index (χ0v) is 8.91. The van der Waals surface area contributed by atoms with Crippen LogP contribution in [0.2, 0.25) is 0 Å². The number of carbonyl (C=O) groups excluding carboxylic acids is 1. The molecule has 4 heteroatoms. The molecular weight excluding hydrogens is 224 g/mol. The van der Waals surface area contributed by atoms with Gasteiger partial charge in [-0.05, 0) is 12.1 Å². The van der Waals surface area contributed by atoms with Gasteiger partial charge in [0.1, 0.15) is 5.58 Å². The molecule has 0 spiro atoms. The Morgan fingerprint density at radius 1 is 1.25 bits per heavy atom. The summed E-state index contributed by atoms with van der Waals surface area (Å²) in [6.07, 6.45) is 0.561. The van der Waals surface area contributed by atoms with E-state index in [0.29, 0.717) is 11.9 Å². The Hall–Kier alpha value is -1.94. The van der Waals surface area contributed by atoms with Crippen molar-refractivity contribution in [1.82, 2.24) is 0 Å². The van der Waals surface area contributed by atoms with E-state index >= 15 is 0 Å². The molecule has 0 saturated heterocycles. The average molecular weight is 230 g/mol. The lowest BCUT2D eigenvalue weighted by atomic mass is 10.2. The van der Waals surface area contributed by atoms with E-state index in [1.165, 1.54) is 11.3 Å². The van der Waals surface area contributed by atoms with Crippen molar-refractivity contribution in [1.29, 1.82) is 0 Å². The normalized spacial score (nSPS) is 11.0. The maximum absolute atomic E-state index is 11.8. The number of carbonyl (C=O) groups is 1. The summed E-state index contributed by atoms with van der Waals surface area (Å²) in [6, 6.07) is 7.45. The molecule has 3 aromatic rings. The molecular formula is C12H6O3S. The summed E-state index contributed by atoms with van der Waals surface area (Å²) in [6.45, 7) is 0. The van der Waals surface area contributed by atoms with Crippen LogP contribution in [0, 0.1) is 0 Å². The molecule has 1 aromatic carbocycles. The highest BCUT2D eigenvalue weighted by molar-refractivity contribution is 7.17. The number of fused-ring (bicyclic) bond motifs is 3. The molecule has 0 aliphatic heterocycles. The van der Waals surface area contributed by atoms with Gasteiger partial charge in [-0.3, -0.25) is 9.59 Å². The van der Waals surface area contributed by atoms with Crippen molar-refractivity contribution in [2.24, 2.45) is 0 Å². The van der Waals surface area contributed by atoms with Gasteiger partial charge in [-0.25, -0.2) is 0 Å². The first kappa shape index (κ1) is 9.30. The van der Waals surface area contributed by atoms with Crippen molar-refractivity contribution >= 4 is 38.9 Å². The molecule has 0 unspecified atom stereocenters. The number of hydrogen-bond donors (Lipinski definition) is 0. The van der Waals surface area contributed by atoms with Crippen LogP contribution in [0.25, 0.3) is 21.3 Å². The van der Waals surface area contributed by atoms with Gasteiger partial charge in [0.05, 0.1) is 10.3 Å². The monoisotopic (exact) mass is 230 g/mol. The number of para-hydroxylation sites is 1. The minimum Gasteiger partial charge on any atom is -0.451 e. The van der Waals surface area contributed by atoms with Crippen molar-refractivity contribution in [2.75, 3.05) is 0 Å². The Balaban J connectivity index is 2.60. The standard InChI is InChI=1S/C12H6O3S/c13-5-7-6-16-12-8-3-1-2-4-9(8)15-11(12)10(7)14/h1-6H. The Labute approximate surface area is 93.9 Å². The summed E-state index contributed by atoms with van der Waals surface area (Å²) in [5, 5.41) is 2.48. The van der Waals surface area contributed by atoms with Crippen LogP contribution in [0.15, 0.2) is 38.9 Å².